The number of urea groups is 1. The van der Waals surface area contributed by atoms with Crippen LogP contribution in [0.25, 0.3) is 0 Å². The zero-order chi connectivity index (χ0) is 39.9. The third-order valence-electron chi connectivity index (χ3n) is 9.31. The first kappa shape index (κ1) is 43.8. The molecule has 14 heteroatoms. The number of aryl methyl sites for hydroxylation is 1. The number of Topliss-reactive ketones (excluding diaryl/α,β-unsaturated/α-hetero) is 3. The minimum atomic E-state index is -1.33. The summed E-state index contributed by atoms with van der Waals surface area (Å²) in [5.41, 5.74) is 1.44. The highest BCUT2D eigenvalue weighted by atomic mass is 16.4. The average molecular weight is 737 g/mol. The number of hydrogen-bond acceptors (Lipinski definition) is 8. The number of ketones is 3. The molecule has 0 aliphatic carbocycles. The third kappa shape index (κ3) is 15.0. The highest BCUT2D eigenvalue weighted by Gasteiger charge is 2.34. The number of aliphatic carboxylic acids is 2. The zero-order valence-corrected chi connectivity index (χ0v) is 31.2. The van der Waals surface area contributed by atoms with Crippen molar-refractivity contribution in [1.82, 2.24) is 10.6 Å². The molecule has 0 saturated carbocycles. The van der Waals surface area contributed by atoms with Gasteiger partial charge in [-0.15, -0.1) is 0 Å². The summed E-state index contributed by atoms with van der Waals surface area (Å²) in [5.74, 6) is -7.39. The van der Waals surface area contributed by atoms with Gasteiger partial charge in [0.2, 0.25) is 11.8 Å². The smallest absolute Gasteiger partial charge is 0.323 e. The quantitative estimate of drug-likeness (QED) is 0.0940. The highest BCUT2D eigenvalue weighted by molar-refractivity contribution is 6.00. The number of carbonyl (C=O) groups is 8. The zero-order valence-electron chi connectivity index (χ0n) is 31.2. The first-order valence-corrected chi connectivity index (χ1v) is 17.7. The lowest BCUT2D eigenvalue weighted by molar-refractivity contribution is -0.140. The van der Waals surface area contributed by atoms with Crippen LogP contribution < -0.4 is 21.3 Å². The molecule has 4 amide bonds. The molecule has 0 radical (unpaired) electrons. The van der Waals surface area contributed by atoms with Crippen LogP contribution >= 0.6 is 0 Å². The van der Waals surface area contributed by atoms with E-state index in [1.165, 1.54) is 20.8 Å². The van der Waals surface area contributed by atoms with Gasteiger partial charge in [-0.1, -0.05) is 50.6 Å². The Morgan fingerprint density at radius 3 is 1.96 bits per heavy atom. The SMILES string of the molecule is CCC(C)[C@H](CC(=O)Cc1ccc(NC(=O)Nc2ccccc2C)cc1)C(=O)N[C@@H](CCC(=O)O)C(=O)C[C@@H](CCC(=O)O)C(=O)NC(C)(C)C(C)=O. The van der Waals surface area contributed by atoms with Crippen molar-refractivity contribution in [3.8, 4) is 0 Å². The molecule has 6 N–H and O–H groups in total. The summed E-state index contributed by atoms with van der Waals surface area (Å²) in [6.45, 7) is 9.72. The Labute approximate surface area is 309 Å². The van der Waals surface area contributed by atoms with Crippen LogP contribution in [0.3, 0.4) is 0 Å². The second-order valence-corrected chi connectivity index (χ2v) is 14.0. The van der Waals surface area contributed by atoms with Crippen molar-refractivity contribution in [1.29, 1.82) is 0 Å². The number of benzene rings is 2. The summed E-state index contributed by atoms with van der Waals surface area (Å²) in [6, 6.07) is 12.3. The minimum Gasteiger partial charge on any atom is -0.481 e. The molecule has 53 heavy (non-hydrogen) atoms. The summed E-state index contributed by atoms with van der Waals surface area (Å²) in [5, 5.41) is 29.3. The van der Waals surface area contributed by atoms with Crippen LogP contribution in [0.15, 0.2) is 48.5 Å². The molecular formula is C39H52N4O10. The van der Waals surface area contributed by atoms with Gasteiger partial charge in [-0.2, -0.15) is 0 Å². The van der Waals surface area contributed by atoms with Gasteiger partial charge in [-0.05, 0) is 75.8 Å². The van der Waals surface area contributed by atoms with Crippen LogP contribution in [0, 0.1) is 24.7 Å². The standard InChI is InChI=1S/C39H52N4O10/c1-7-23(2)30(22-29(45)20-26-12-15-28(16-13-26)40-38(53)42-31-11-9-8-10-24(31)3)37(52)41-32(17-19-35(49)50)33(46)21-27(14-18-34(47)48)36(51)43-39(5,6)25(4)44/h8-13,15-16,23,27,30,32H,7,14,17-22H2,1-6H3,(H,41,52)(H,43,51)(H,47,48)(H,49,50)(H2,40,42,53)/t23?,27-,30+,32+/m1/s1. The van der Waals surface area contributed by atoms with Gasteiger partial charge in [0, 0.05) is 55.3 Å². The van der Waals surface area contributed by atoms with E-state index in [-0.39, 0.29) is 43.2 Å². The largest absolute Gasteiger partial charge is 0.481 e. The van der Waals surface area contributed by atoms with Crippen molar-refractivity contribution in [3.05, 3.63) is 59.7 Å². The van der Waals surface area contributed by atoms with Crippen molar-refractivity contribution < 1.29 is 48.6 Å². The molecule has 288 valence electrons. The van der Waals surface area contributed by atoms with Gasteiger partial charge in [0.05, 0.1) is 11.6 Å². The summed E-state index contributed by atoms with van der Waals surface area (Å²) in [6.07, 6.45) is -1.61. The Morgan fingerprint density at radius 2 is 1.40 bits per heavy atom. The Kier molecular flexibility index (Phi) is 17.0. The summed E-state index contributed by atoms with van der Waals surface area (Å²) in [4.78, 5) is 101. The van der Waals surface area contributed by atoms with Crippen LogP contribution in [0.1, 0.15) is 90.7 Å². The first-order valence-electron chi connectivity index (χ1n) is 17.7. The molecule has 0 aliphatic heterocycles. The van der Waals surface area contributed by atoms with Crippen LogP contribution in [0.4, 0.5) is 16.2 Å². The van der Waals surface area contributed by atoms with Crippen molar-refractivity contribution in [2.24, 2.45) is 17.8 Å². The predicted octanol–water partition coefficient (Wildman–Crippen LogP) is 5.08. The molecule has 1 unspecified atom stereocenters. The maximum atomic E-state index is 13.7. The van der Waals surface area contributed by atoms with Gasteiger partial charge < -0.3 is 31.5 Å². The molecular weight excluding hydrogens is 684 g/mol. The van der Waals surface area contributed by atoms with Gasteiger partial charge in [-0.3, -0.25) is 33.6 Å². The van der Waals surface area contributed by atoms with E-state index in [9.17, 15) is 48.6 Å². The third-order valence-corrected chi connectivity index (χ3v) is 9.31. The maximum Gasteiger partial charge on any atom is 0.323 e. The molecule has 0 aromatic heterocycles. The molecule has 2 aromatic rings. The fourth-order valence-electron chi connectivity index (χ4n) is 5.45. The molecule has 0 bridgehead atoms. The van der Waals surface area contributed by atoms with E-state index in [1.54, 1.807) is 37.3 Å². The number of nitrogens with one attached hydrogen (secondary N) is 4. The van der Waals surface area contributed by atoms with E-state index in [4.69, 9.17) is 0 Å². The number of carboxylic acid groups (broad SMARTS) is 2. The number of para-hydroxylation sites is 1. The molecule has 4 atom stereocenters. The number of carboxylic acids is 2. The fourth-order valence-corrected chi connectivity index (χ4v) is 5.45. The second kappa shape index (κ2) is 20.6. The van der Waals surface area contributed by atoms with E-state index in [0.717, 1.165) is 5.56 Å². The average Bonchev–Trinajstić information content (AvgIpc) is 3.08. The molecule has 0 saturated heterocycles. The van der Waals surface area contributed by atoms with Crippen molar-refractivity contribution in [2.45, 2.75) is 104 Å². The molecule has 14 nitrogen and oxygen atoms in total. The van der Waals surface area contributed by atoms with E-state index in [2.05, 4.69) is 21.3 Å². The Balaban J connectivity index is 2.16. The Morgan fingerprint density at radius 1 is 0.792 bits per heavy atom. The number of carbonyl (C=O) groups excluding carboxylic acids is 6. The second-order valence-electron chi connectivity index (χ2n) is 14.0. The van der Waals surface area contributed by atoms with Gasteiger partial charge in [0.25, 0.3) is 0 Å². The van der Waals surface area contributed by atoms with Crippen LogP contribution in [-0.2, 0) is 40.0 Å². The molecule has 2 rings (SSSR count). The van der Waals surface area contributed by atoms with Crippen LogP contribution in [0.5, 0.6) is 0 Å². The molecule has 0 aliphatic rings. The monoisotopic (exact) mass is 736 g/mol. The number of amides is 4. The number of rotatable bonds is 22. The molecule has 0 fully saturated rings. The lowest BCUT2D eigenvalue weighted by Gasteiger charge is -2.28. The van der Waals surface area contributed by atoms with E-state index >= 15 is 0 Å². The van der Waals surface area contributed by atoms with Gasteiger partial charge in [0.15, 0.2) is 11.6 Å². The minimum absolute atomic E-state index is 0.00570. The maximum absolute atomic E-state index is 13.7. The fraction of sp³-hybridized carbons (Fsp3) is 0.487. The Bertz CT molecular complexity index is 1650. The summed E-state index contributed by atoms with van der Waals surface area (Å²) < 4.78 is 0. The molecule has 0 spiro atoms. The molecule has 2 aromatic carbocycles. The summed E-state index contributed by atoms with van der Waals surface area (Å²) in [7, 11) is 0. The summed E-state index contributed by atoms with van der Waals surface area (Å²) >= 11 is 0. The molecule has 0 heterocycles. The number of anilines is 2. The van der Waals surface area contributed by atoms with Crippen LogP contribution in [-0.4, -0.2) is 68.9 Å². The van der Waals surface area contributed by atoms with Crippen LogP contribution in [0.2, 0.25) is 0 Å². The van der Waals surface area contributed by atoms with Crippen molar-refractivity contribution >= 4 is 58.5 Å². The van der Waals surface area contributed by atoms with E-state index < -0.39 is 78.2 Å². The lowest BCUT2D eigenvalue weighted by Crippen LogP contribution is -2.51. The normalized spacial score (nSPS) is 13.4. The van der Waals surface area contributed by atoms with Crippen molar-refractivity contribution in [3.63, 3.8) is 0 Å². The first-order chi connectivity index (χ1) is 24.8. The van der Waals surface area contributed by atoms with Crippen molar-refractivity contribution in [2.75, 3.05) is 10.6 Å². The predicted molar refractivity (Wildman–Crippen MR) is 198 cm³/mol. The van der Waals surface area contributed by atoms with E-state index in [0.29, 0.717) is 23.4 Å². The number of hydrogen-bond donors (Lipinski definition) is 6. The lowest BCUT2D eigenvalue weighted by atomic mass is 9.85. The van der Waals surface area contributed by atoms with Gasteiger partial charge in [-0.25, -0.2) is 4.79 Å². The van der Waals surface area contributed by atoms with Gasteiger partial charge >= 0.3 is 18.0 Å². The Hall–Kier alpha value is -5.40. The van der Waals surface area contributed by atoms with E-state index in [1.807, 2.05) is 32.0 Å². The highest BCUT2D eigenvalue weighted by Crippen LogP contribution is 2.23. The van der Waals surface area contributed by atoms with Gasteiger partial charge in [0.1, 0.15) is 5.78 Å². The topological polar surface area (TPSA) is 225 Å².